The highest BCUT2D eigenvalue weighted by molar-refractivity contribution is 6.51. The molecule has 9 heteroatoms. The summed E-state index contributed by atoms with van der Waals surface area (Å²) in [6, 6.07) is 12.5. The van der Waals surface area contributed by atoms with Crippen molar-refractivity contribution in [3.8, 4) is 17.2 Å². The first-order valence-electron chi connectivity index (χ1n) is 12.7. The molecule has 3 aromatic rings. The largest absolute Gasteiger partial charge is 0.507 e. The molecule has 0 radical (unpaired) electrons. The van der Waals surface area contributed by atoms with Gasteiger partial charge < -0.3 is 23.8 Å². The lowest BCUT2D eigenvalue weighted by molar-refractivity contribution is -0.132. The lowest BCUT2D eigenvalue weighted by Gasteiger charge is -2.24. The molecule has 1 aliphatic heterocycles. The number of hydrogen-bond acceptors (Lipinski definition) is 8. The summed E-state index contributed by atoms with van der Waals surface area (Å²) in [4.78, 5) is 27.9. The molecule has 9 nitrogen and oxygen atoms in total. The zero-order valence-electron chi connectivity index (χ0n) is 22.0. The summed E-state index contributed by atoms with van der Waals surface area (Å²) in [5, 5.41) is 15.3. The Hall–Kier alpha value is -4.27. The fraction of sp³-hybridized carbons (Fsp3) is 0.345. The SMILES string of the molecule is CCCCOc1ccc([C@@H]2/C(=C(\O)c3ccc(OCCC)cc3)C(=O)C(=O)N2c2cc(C)on2)cc1OC. The zero-order chi connectivity index (χ0) is 27.2. The lowest BCUT2D eigenvalue weighted by Crippen LogP contribution is -2.29. The Bertz CT molecular complexity index is 1330. The normalized spacial score (nSPS) is 16.6. The molecular formula is C29H32N2O7. The van der Waals surface area contributed by atoms with Gasteiger partial charge in [0.2, 0.25) is 0 Å². The van der Waals surface area contributed by atoms with E-state index in [9.17, 15) is 14.7 Å². The van der Waals surface area contributed by atoms with Crippen molar-refractivity contribution >= 4 is 23.3 Å². The predicted octanol–water partition coefficient (Wildman–Crippen LogP) is 5.59. The van der Waals surface area contributed by atoms with Gasteiger partial charge in [-0.1, -0.05) is 31.5 Å². The maximum absolute atomic E-state index is 13.4. The zero-order valence-corrected chi connectivity index (χ0v) is 22.0. The smallest absolute Gasteiger partial charge is 0.301 e. The molecule has 1 fully saturated rings. The Balaban J connectivity index is 1.82. The van der Waals surface area contributed by atoms with Crippen LogP contribution in [0, 0.1) is 6.92 Å². The molecule has 1 N–H and O–H groups in total. The van der Waals surface area contributed by atoms with Gasteiger partial charge in [0.1, 0.15) is 17.3 Å². The first-order valence-corrected chi connectivity index (χ1v) is 12.7. The number of aliphatic hydroxyl groups excluding tert-OH is 1. The summed E-state index contributed by atoms with van der Waals surface area (Å²) in [6.45, 7) is 6.86. The van der Waals surface area contributed by atoms with Crippen LogP contribution in [0.1, 0.15) is 56.0 Å². The maximum Gasteiger partial charge on any atom is 0.301 e. The van der Waals surface area contributed by atoms with E-state index in [1.54, 1.807) is 55.5 Å². The van der Waals surface area contributed by atoms with Crippen LogP contribution >= 0.6 is 0 Å². The number of carbonyl (C=O) groups excluding carboxylic acids is 2. The van der Waals surface area contributed by atoms with Crippen molar-refractivity contribution in [1.29, 1.82) is 0 Å². The average Bonchev–Trinajstić information content (AvgIpc) is 3.47. The molecule has 0 unspecified atom stereocenters. The minimum absolute atomic E-state index is 0.0698. The second kappa shape index (κ2) is 11.9. The van der Waals surface area contributed by atoms with Crippen LogP contribution in [-0.4, -0.2) is 42.3 Å². The number of rotatable bonds is 11. The van der Waals surface area contributed by atoms with Crippen molar-refractivity contribution in [3.05, 3.63) is 71.0 Å². The monoisotopic (exact) mass is 520 g/mol. The fourth-order valence-corrected chi connectivity index (χ4v) is 4.24. The molecule has 200 valence electrons. The topological polar surface area (TPSA) is 111 Å². The molecule has 1 aliphatic rings. The van der Waals surface area contributed by atoms with Crippen molar-refractivity contribution in [1.82, 2.24) is 5.16 Å². The van der Waals surface area contributed by atoms with E-state index in [1.165, 1.54) is 12.0 Å². The van der Waals surface area contributed by atoms with E-state index in [2.05, 4.69) is 12.1 Å². The summed E-state index contributed by atoms with van der Waals surface area (Å²) >= 11 is 0. The molecule has 1 aromatic heterocycles. The van der Waals surface area contributed by atoms with Gasteiger partial charge in [-0.2, -0.15) is 0 Å². The number of benzene rings is 2. The van der Waals surface area contributed by atoms with Crippen molar-refractivity contribution in [2.75, 3.05) is 25.2 Å². The van der Waals surface area contributed by atoms with Crippen LogP contribution in [0.15, 0.2) is 58.6 Å². The van der Waals surface area contributed by atoms with Gasteiger partial charge in [0.25, 0.3) is 5.78 Å². The number of Topliss-reactive ketones (excluding diaryl/α,β-unsaturated/α-hetero) is 1. The van der Waals surface area contributed by atoms with Gasteiger partial charge >= 0.3 is 5.91 Å². The van der Waals surface area contributed by atoms with Crippen LogP contribution < -0.4 is 19.1 Å². The highest BCUT2D eigenvalue weighted by Gasteiger charge is 2.48. The van der Waals surface area contributed by atoms with Gasteiger partial charge in [-0.15, -0.1) is 0 Å². The Morgan fingerprint density at radius 1 is 1.00 bits per heavy atom. The van der Waals surface area contributed by atoms with Crippen LogP contribution in [0.3, 0.4) is 0 Å². The Morgan fingerprint density at radius 3 is 2.39 bits per heavy atom. The van der Waals surface area contributed by atoms with E-state index in [-0.39, 0.29) is 17.2 Å². The first-order chi connectivity index (χ1) is 18.4. The standard InChI is InChI=1S/C29H32N2O7/c1-5-7-15-37-22-13-10-20(17-23(22)35-4)26-25(27(32)19-8-11-21(12-9-19)36-14-6-2)28(33)29(34)31(26)24-16-18(3)38-30-24/h8-13,16-17,26,32H,5-7,14-15H2,1-4H3/b27-25+/t26-/m1/s1. The van der Waals surface area contributed by atoms with E-state index in [0.29, 0.717) is 47.3 Å². The van der Waals surface area contributed by atoms with Crippen LogP contribution in [-0.2, 0) is 9.59 Å². The number of unbranched alkanes of at least 4 members (excludes halogenated alkanes) is 1. The number of amides is 1. The number of ether oxygens (including phenoxy) is 3. The van der Waals surface area contributed by atoms with E-state index < -0.39 is 17.7 Å². The van der Waals surface area contributed by atoms with Crippen molar-refractivity contribution in [3.63, 3.8) is 0 Å². The Labute approximate surface area is 221 Å². The number of aliphatic hydroxyl groups is 1. The highest BCUT2D eigenvalue weighted by atomic mass is 16.5. The predicted molar refractivity (Wildman–Crippen MR) is 142 cm³/mol. The number of nitrogens with zero attached hydrogens (tertiary/aromatic N) is 2. The molecular weight excluding hydrogens is 488 g/mol. The van der Waals surface area contributed by atoms with Gasteiger partial charge in [0, 0.05) is 11.6 Å². The minimum atomic E-state index is -0.978. The van der Waals surface area contributed by atoms with Crippen LogP contribution in [0.2, 0.25) is 0 Å². The van der Waals surface area contributed by atoms with Crippen molar-refractivity contribution < 1.29 is 33.4 Å². The van der Waals surface area contributed by atoms with Gasteiger partial charge in [-0.25, -0.2) is 0 Å². The summed E-state index contributed by atoms with van der Waals surface area (Å²) in [7, 11) is 1.52. The van der Waals surface area contributed by atoms with Gasteiger partial charge in [-0.3, -0.25) is 14.5 Å². The fourth-order valence-electron chi connectivity index (χ4n) is 4.24. The van der Waals surface area contributed by atoms with Gasteiger partial charge in [-0.05, 0) is 61.7 Å². The molecule has 1 atom stereocenters. The molecule has 2 heterocycles. The van der Waals surface area contributed by atoms with E-state index in [0.717, 1.165) is 19.3 Å². The number of carbonyl (C=O) groups is 2. The molecule has 0 saturated carbocycles. The number of ketones is 1. The number of aryl methyl sites for hydroxylation is 1. The third-order valence-electron chi connectivity index (χ3n) is 6.17. The number of hydrogen-bond donors (Lipinski definition) is 1. The Kier molecular flexibility index (Phi) is 8.35. The second-order valence-corrected chi connectivity index (χ2v) is 8.95. The summed E-state index contributed by atoms with van der Waals surface area (Å²) in [5.41, 5.74) is 0.841. The molecule has 0 spiro atoms. The maximum atomic E-state index is 13.4. The van der Waals surface area contributed by atoms with Crippen LogP contribution in [0.5, 0.6) is 17.2 Å². The number of methoxy groups -OCH3 is 1. The van der Waals surface area contributed by atoms with E-state index in [4.69, 9.17) is 18.7 Å². The third kappa shape index (κ3) is 5.37. The molecule has 1 saturated heterocycles. The summed E-state index contributed by atoms with van der Waals surface area (Å²) in [6.07, 6.45) is 2.73. The quantitative estimate of drug-likeness (QED) is 0.151. The lowest BCUT2D eigenvalue weighted by atomic mass is 9.95. The number of aromatic nitrogens is 1. The number of anilines is 1. The first kappa shape index (κ1) is 26.8. The molecule has 0 bridgehead atoms. The second-order valence-electron chi connectivity index (χ2n) is 8.95. The van der Waals surface area contributed by atoms with Crippen LogP contribution in [0.4, 0.5) is 5.82 Å². The van der Waals surface area contributed by atoms with E-state index >= 15 is 0 Å². The van der Waals surface area contributed by atoms with Gasteiger partial charge in [0.05, 0.1) is 31.9 Å². The van der Waals surface area contributed by atoms with Crippen molar-refractivity contribution in [2.45, 2.75) is 46.1 Å². The highest BCUT2D eigenvalue weighted by Crippen LogP contribution is 2.44. The third-order valence-corrected chi connectivity index (χ3v) is 6.17. The molecule has 4 rings (SSSR count). The minimum Gasteiger partial charge on any atom is -0.507 e. The summed E-state index contributed by atoms with van der Waals surface area (Å²) < 4.78 is 22.2. The molecule has 1 amide bonds. The van der Waals surface area contributed by atoms with Crippen LogP contribution in [0.25, 0.3) is 5.76 Å². The molecule has 0 aliphatic carbocycles. The molecule has 2 aromatic carbocycles. The van der Waals surface area contributed by atoms with E-state index in [1.807, 2.05) is 6.92 Å². The Morgan fingerprint density at radius 2 is 1.76 bits per heavy atom. The van der Waals surface area contributed by atoms with Gasteiger partial charge in [0.15, 0.2) is 17.3 Å². The van der Waals surface area contributed by atoms with Crippen molar-refractivity contribution in [2.24, 2.45) is 0 Å². The average molecular weight is 521 g/mol. The molecule has 38 heavy (non-hydrogen) atoms. The summed E-state index contributed by atoms with van der Waals surface area (Å²) in [5.74, 6) is 0.304.